The predicted molar refractivity (Wildman–Crippen MR) is 43.9 cm³/mol. The molecule has 4 nitrogen and oxygen atoms in total. The number of rotatable bonds is 0. The van der Waals surface area contributed by atoms with Crippen molar-refractivity contribution in [2.45, 2.75) is 31.8 Å². The van der Waals surface area contributed by atoms with Gasteiger partial charge in [0.1, 0.15) is 0 Å². The van der Waals surface area contributed by atoms with Crippen molar-refractivity contribution in [3.8, 4) is 0 Å². The summed E-state index contributed by atoms with van der Waals surface area (Å²) >= 11 is 0. The molecule has 1 fully saturated rings. The molecule has 0 aromatic heterocycles. The van der Waals surface area contributed by atoms with Crippen molar-refractivity contribution in [1.82, 2.24) is 0 Å². The molecule has 2 atom stereocenters. The number of fused-ring (bicyclic) bond motifs is 1. The maximum Gasteiger partial charge on any atom is 0.191 e. The molecule has 2 unspecified atom stereocenters. The Bertz CT molecular complexity index is 256. The number of carbonyl (C=O) groups excluding carboxylic acids is 1. The van der Waals surface area contributed by atoms with Crippen LogP contribution in [0.25, 0.3) is 0 Å². The summed E-state index contributed by atoms with van der Waals surface area (Å²) in [7, 11) is 0. The lowest BCUT2D eigenvalue weighted by atomic mass is 10.1. The minimum Gasteiger partial charge on any atom is -0.492 e. The second kappa shape index (κ2) is 2.82. The molecule has 0 bridgehead atoms. The van der Waals surface area contributed by atoms with Gasteiger partial charge in [0.15, 0.2) is 23.8 Å². The second-order valence-electron chi connectivity index (χ2n) is 3.63. The van der Waals surface area contributed by atoms with E-state index in [0.717, 1.165) is 0 Å². The lowest BCUT2D eigenvalue weighted by Gasteiger charge is -2.40. The third kappa shape index (κ3) is 1.59. The van der Waals surface area contributed by atoms with Gasteiger partial charge in [-0.2, -0.15) is 0 Å². The van der Waals surface area contributed by atoms with E-state index in [1.165, 1.54) is 12.3 Å². The zero-order chi connectivity index (χ0) is 9.47. The van der Waals surface area contributed by atoms with Gasteiger partial charge in [0.05, 0.1) is 12.9 Å². The van der Waals surface area contributed by atoms with Crippen LogP contribution in [0.1, 0.15) is 13.8 Å². The number of hydrogen-bond donors (Lipinski definition) is 0. The van der Waals surface area contributed by atoms with Crippen molar-refractivity contribution >= 4 is 5.78 Å². The van der Waals surface area contributed by atoms with Gasteiger partial charge in [0, 0.05) is 6.08 Å². The Labute approximate surface area is 76.5 Å². The molecular weight excluding hydrogens is 172 g/mol. The van der Waals surface area contributed by atoms with Crippen molar-refractivity contribution < 1.29 is 19.0 Å². The van der Waals surface area contributed by atoms with E-state index in [9.17, 15) is 4.79 Å². The molecule has 0 saturated carbocycles. The van der Waals surface area contributed by atoms with Crippen LogP contribution < -0.4 is 0 Å². The van der Waals surface area contributed by atoms with Crippen LogP contribution in [0.4, 0.5) is 0 Å². The molecule has 13 heavy (non-hydrogen) atoms. The van der Waals surface area contributed by atoms with E-state index in [1.807, 2.05) is 0 Å². The van der Waals surface area contributed by atoms with Gasteiger partial charge in [0.25, 0.3) is 0 Å². The van der Waals surface area contributed by atoms with Crippen molar-refractivity contribution in [2.75, 3.05) is 6.61 Å². The van der Waals surface area contributed by atoms with Crippen LogP contribution in [0.15, 0.2) is 12.3 Å². The summed E-state index contributed by atoms with van der Waals surface area (Å²) in [4.78, 5) is 11.4. The summed E-state index contributed by atoms with van der Waals surface area (Å²) in [6, 6.07) is 0. The molecule has 0 spiro atoms. The predicted octanol–water partition coefficient (Wildman–Crippen LogP) is 0.619. The highest BCUT2D eigenvalue weighted by molar-refractivity contribution is 5.94. The molecule has 0 radical (unpaired) electrons. The minimum absolute atomic E-state index is 0.0485. The Balaban J connectivity index is 2.16. The van der Waals surface area contributed by atoms with E-state index < -0.39 is 11.9 Å². The Kier molecular flexibility index (Phi) is 1.89. The molecule has 2 heterocycles. The SMILES string of the molecule is CC1(C)OCC2OC=CC(=O)C2O1. The molecule has 0 N–H and O–H groups in total. The Morgan fingerprint density at radius 2 is 2.31 bits per heavy atom. The van der Waals surface area contributed by atoms with Gasteiger partial charge in [-0.25, -0.2) is 0 Å². The molecule has 2 rings (SSSR count). The van der Waals surface area contributed by atoms with Crippen molar-refractivity contribution in [1.29, 1.82) is 0 Å². The highest BCUT2D eigenvalue weighted by Gasteiger charge is 2.42. The van der Waals surface area contributed by atoms with E-state index in [-0.39, 0.29) is 11.9 Å². The first-order chi connectivity index (χ1) is 6.08. The van der Waals surface area contributed by atoms with E-state index >= 15 is 0 Å². The van der Waals surface area contributed by atoms with E-state index in [2.05, 4.69) is 0 Å². The van der Waals surface area contributed by atoms with E-state index in [4.69, 9.17) is 14.2 Å². The van der Waals surface area contributed by atoms with Gasteiger partial charge in [-0.3, -0.25) is 4.79 Å². The summed E-state index contributed by atoms with van der Waals surface area (Å²) in [5.74, 6) is -0.738. The Morgan fingerprint density at radius 1 is 1.54 bits per heavy atom. The van der Waals surface area contributed by atoms with Crippen molar-refractivity contribution in [2.24, 2.45) is 0 Å². The lowest BCUT2D eigenvalue weighted by Crippen LogP contribution is -2.53. The van der Waals surface area contributed by atoms with Gasteiger partial charge in [-0.05, 0) is 13.8 Å². The summed E-state index contributed by atoms with van der Waals surface area (Å²) in [6.07, 6.45) is 2.00. The Hall–Kier alpha value is -0.870. The fourth-order valence-electron chi connectivity index (χ4n) is 1.44. The van der Waals surface area contributed by atoms with Gasteiger partial charge in [-0.1, -0.05) is 0 Å². The average Bonchev–Trinajstić information content (AvgIpc) is 2.06. The molecule has 0 aromatic rings. The third-order valence-electron chi connectivity index (χ3n) is 2.11. The molecule has 2 aliphatic heterocycles. The third-order valence-corrected chi connectivity index (χ3v) is 2.11. The first-order valence-electron chi connectivity index (χ1n) is 4.26. The average molecular weight is 184 g/mol. The van der Waals surface area contributed by atoms with Gasteiger partial charge in [-0.15, -0.1) is 0 Å². The van der Waals surface area contributed by atoms with E-state index in [1.54, 1.807) is 13.8 Å². The molecule has 72 valence electrons. The quantitative estimate of drug-likeness (QED) is 0.553. The van der Waals surface area contributed by atoms with Gasteiger partial charge < -0.3 is 14.2 Å². The molecule has 0 amide bonds. The van der Waals surface area contributed by atoms with Crippen LogP contribution in [0.3, 0.4) is 0 Å². The fourth-order valence-corrected chi connectivity index (χ4v) is 1.44. The topological polar surface area (TPSA) is 44.8 Å². The first-order valence-corrected chi connectivity index (χ1v) is 4.26. The van der Waals surface area contributed by atoms with E-state index in [0.29, 0.717) is 6.61 Å². The van der Waals surface area contributed by atoms with Crippen LogP contribution in [-0.4, -0.2) is 30.4 Å². The van der Waals surface area contributed by atoms with Gasteiger partial charge in [0.2, 0.25) is 0 Å². The maximum atomic E-state index is 11.4. The normalized spacial score (nSPS) is 36.6. The zero-order valence-electron chi connectivity index (χ0n) is 7.65. The second-order valence-corrected chi connectivity index (χ2v) is 3.63. The smallest absolute Gasteiger partial charge is 0.191 e. The molecule has 0 aliphatic carbocycles. The van der Waals surface area contributed by atoms with Gasteiger partial charge >= 0.3 is 0 Å². The van der Waals surface area contributed by atoms with Crippen molar-refractivity contribution in [3.63, 3.8) is 0 Å². The number of ether oxygens (including phenoxy) is 3. The molecule has 0 aromatic carbocycles. The maximum absolute atomic E-state index is 11.4. The fraction of sp³-hybridized carbons (Fsp3) is 0.667. The summed E-state index contributed by atoms with van der Waals surface area (Å²) < 4.78 is 16.0. The van der Waals surface area contributed by atoms with Crippen LogP contribution in [0.5, 0.6) is 0 Å². The minimum atomic E-state index is -0.689. The molecule has 4 heteroatoms. The van der Waals surface area contributed by atoms with Crippen molar-refractivity contribution in [3.05, 3.63) is 12.3 Å². The molecule has 1 saturated heterocycles. The van der Waals surface area contributed by atoms with Crippen LogP contribution >= 0.6 is 0 Å². The number of ketones is 1. The standard InChI is InChI=1S/C9H12O4/c1-9(2)12-5-7-8(13-9)6(10)3-4-11-7/h3-4,7-8H,5H2,1-2H3. The summed E-state index contributed by atoms with van der Waals surface area (Å²) in [5, 5.41) is 0. The van der Waals surface area contributed by atoms with Crippen LogP contribution in [-0.2, 0) is 19.0 Å². The van der Waals surface area contributed by atoms with Crippen LogP contribution in [0, 0.1) is 0 Å². The summed E-state index contributed by atoms with van der Waals surface area (Å²) in [6.45, 7) is 3.97. The first kappa shape index (κ1) is 8.72. The number of hydrogen-bond acceptors (Lipinski definition) is 4. The Morgan fingerprint density at radius 3 is 3.08 bits per heavy atom. The van der Waals surface area contributed by atoms with Crippen LogP contribution in [0.2, 0.25) is 0 Å². The highest BCUT2D eigenvalue weighted by Crippen LogP contribution is 2.26. The highest BCUT2D eigenvalue weighted by atomic mass is 16.7. The molecule has 2 aliphatic rings. The largest absolute Gasteiger partial charge is 0.492 e. The summed E-state index contributed by atoms with van der Waals surface area (Å²) in [5.41, 5.74) is 0. The monoisotopic (exact) mass is 184 g/mol. The zero-order valence-corrected chi connectivity index (χ0v) is 7.65. The molecular formula is C9H12O4. The lowest BCUT2D eigenvalue weighted by molar-refractivity contribution is -0.297. The number of carbonyl (C=O) groups is 1.